The molecule has 1 aliphatic heterocycles. The quantitative estimate of drug-likeness (QED) is 0.0217. The van der Waals surface area contributed by atoms with Gasteiger partial charge in [-0.25, -0.2) is 0 Å². The summed E-state index contributed by atoms with van der Waals surface area (Å²) in [6.45, 7) is 4.59. The Bertz CT molecular complexity index is 3120. The van der Waals surface area contributed by atoms with Crippen LogP contribution in [0.4, 0.5) is 0 Å². The van der Waals surface area contributed by atoms with Gasteiger partial charge in [-0.15, -0.1) is 0 Å². The molecule has 0 saturated carbocycles. The minimum atomic E-state index is -1.76. The fraction of sp³-hybridized carbons (Fsp3) is 0.649. The molecule has 18 N–H and O–H groups in total. The van der Waals surface area contributed by atoms with Gasteiger partial charge in [-0.1, -0.05) is 139 Å². The number of aromatic nitrogens is 1. The number of ether oxygens (including phenoxy) is 4. The lowest BCUT2D eigenvalue weighted by atomic mass is 10.0. The molecule has 0 bridgehead atoms. The van der Waals surface area contributed by atoms with E-state index in [1.165, 1.54) is 51.4 Å². The number of aromatic amines is 1. The lowest BCUT2D eigenvalue weighted by Gasteiger charge is -2.28. The van der Waals surface area contributed by atoms with Crippen LogP contribution >= 0.6 is 0 Å². The normalized spacial score (nSPS) is 18.8. The lowest BCUT2D eigenvalue weighted by Crippen LogP contribution is -2.61. The van der Waals surface area contributed by atoms with Crippen molar-refractivity contribution in [2.24, 2.45) is 22.2 Å². The number of fused-ring (bicyclic) bond motifs is 1. The zero-order valence-electron chi connectivity index (χ0n) is 61.6. The van der Waals surface area contributed by atoms with Crippen molar-refractivity contribution in [3.8, 4) is 0 Å². The SMILES string of the molecule is CCCCCCCCCCCCCC(=O)NCCOCCOCC(=O)NCCOCCOCC(=O)N[C@@H](CCCC)C(=O)N[C@H]1CCC(=O)CCNCCCC[C@@H](C(N)=O)NC(=O)[C@H](Cc2c[nH]c3ccccc23)NC(=O)[C@H](CCCN=C(N)N)NC(=O)[C@@H](Cc2ccccc2)NC(=O)[C@H](CO)NC1=O. The average molecular weight is 1470 g/mol. The monoisotopic (exact) mass is 1470 g/mol. The Morgan fingerprint density at radius 3 is 1.80 bits per heavy atom. The molecule has 3 aromatic rings. The van der Waals surface area contributed by atoms with Gasteiger partial charge in [-0.05, 0) is 75.1 Å². The summed E-state index contributed by atoms with van der Waals surface area (Å²) in [4.78, 5) is 158. The van der Waals surface area contributed by atoms with Gasteiger partial charge >= 0.3 is 0 Å². The van der Waals surface area contributed by atoms with Gasteiger partial charge in [0.2, 0.25) is 59.1 Å². The Morgan fingerprint density at radius 1 is 0.571 bits per heavy atom. The van der Waals surface area contributed by atoms with E-state index in [1.54, 1.807) is 36.5 Å². The number of primary amides is 1. The number of amides is 10. The summed E-state index contributed by atoms with van der Waals surface area (Å²) in [5, 5.41) is 38.9. The highest BCUT2D eigenvalue weighted by Crippen LogP contribution is 2.20. The number of nitrogens with zero attached hydrogens (tertiary/aromatic N) is 1. The number of carbonyl (C=O) groups is 11. The Kier molecular flexibility index (Phi) is 45.7. The Balaban J connectivity index is 1.35. The van der Waals surface area contributed by atoms with Crippen LogP contribution in [-0.4, -0.2) is 215 Å². The van der Waals surface area contributed by atoms with Crippen molar-refractivity contribution in [1.29, 1.82) is 0 Å². The first kappa shape index (κ1) is 88.8. The number of guanidine groups is 1. The molecule has 1 aromatic heterocycles. The summed E-state index contributed by atoms with van der Waals surface area (Å²) < 4.78 is 22.0. The number of hydrogen-bond donors (Lipinski definition) is 15. The van der Waals surface area contributed by atoms with Crippen molar-refractivity contribution >= 4 is 81.7 Å². The smallest absolute Gasteiger partial charge is 0.246 e. The highest BCUT2D eigenvalue weighted by atomic mass is 16.5. The van der Waals surface area contributed by atoms with E-state index in [0.717, 1.165) is 30.2 Å². The second kappa shape index (κ2) is 54.0. The number of benzene rings is 2. The molecule has 4 rings (SSSR count). The standard InChI is InChI=1S/C74H119N15O16/c1-3-5-7-8-9-10-11-12-13-14-18-31-64(92)79-38-40-102-42-44-104-50-65(93)80-39-41-103-43-45-105-51-66(94)83-58(27-6-4-2)68(96)86-60-33-32-54(91)34-37-78-35-22-21-29-57(67(75)95)84-72(100)62(47-53-48-82-56-28-20-19-26-55(53)56)88-69(97)59(30-23-36-81-74(76)77)85-71(99)61(46-52-24-16-15-17-25-52)87-73(101)63(49-90)89-70(60)98/h15-17,19-20,24-26,28,48,57-63,78,82,90H,3-14,18,21-23,27,29-47,49-51H2,1-2H3,(H2,75,95)(H,79,92)(H,80,93)(H,83,94)(H,84,100)(H,85,99)(H,86,96)(H,87,101)(H,88,97)(H,89,98)(H4,76,77,81)/t57-,58-,59-,60-,61+,62-,63-/m0/s1. The zero-order chi connectivity index (χ0) is 76.2. The number of rotatable bonds is 44. The van der Waals surface area contributed by atoms with E-state index < -0.39 is 103 Å². The van der Waals surface area contributed by atoms with Crippen LogP contribution in [0.5, 0.6) is 0 Å². The summed E-state index contributed by atoms with van der Waals surface area (Å²) in [5.41, 5.74) is 19.0. The molecule has 7 atom stereocenters. The Morgan fingerprint density at radius 2 is 1.14 bits per heavy atom. The number of carbonyl (C=O) groups excluding carboxylic acids is 11. The second-order valence-electron chi connectivity index (χ2n) is 26.3. The predicted octanol–water partition coefficient (Wildman–Crippen LogP) is 1.58. The summed E-state index contributed by atoms with van der Waals surface area (Å²) >= 11 is 0. The molecule has 0 unspecified atom stereocenters. The number of hydrogen-bond acceptors (Lipinski definition) is 18. The van der Waals surface area contributed by atoms with Crippen molar-refractivity contribution in [3.63, 3.8) is 0 Å². The third-order valence-corrected chi connectivity index (χ3v) is 17.6. The number of aliphatic hydroxyl groups is 1. The van der Waals surface area contributed by atoms with Crippen LogP contribution in [0.2, 0.25) is 0 Å². The van der Waals surface area contributed by atoms with E-state index in [4.69, 9.17) is 36.1 Å². The average Bonchev–Trinajstić information content (AvgIpc) is 1.69. The van der Waals surface area contributed by atoms with E-state index in [2.05, 4.69) is 70.1 Å². The third kappa shape index (κ3) is 38.8. The van der Waals surface area contributed by atoms with Crippen LogP contribution in [0.15, 0.2) is 65.8 Å². The van der Waals surface area contributed by atoms with Crippen molar-refractivity contribution in [3.05, 3.63) is 71.9 Å². The molecule has 0 radical (unpaired) electrons. The zero-order valence-corrected chi connectivity index (χ0v) is 61.6. The van der Waals surface area contributed by atoms with Gasteiger partial charge in [-0.3, -0.25) is 57.7 Å². The predicted molar refractivity (Wildman–Crippen MR) is 397 cm³/mol. The van der Waals surface area contributed by atoms with E-state index in [1.807, 2.05) is 31.2 Å². The fourth-order valence-corrected chi connectivity index (χ4v) is 11.6. The number of aliphatic imine (C=N–C) groups is 1. The molecule has 31 nitrogen and oxygen atoms in total. The number of Topliss-reactive ketones (excluding diaryl/α,β-unsaturated/α-hetero) is 1. The number of H-pyrrole nitrogens is 1. The summed E-state index contributed by atoms with van der Waals surface area (Å²) in [6.07, 6.45) is 17.2. The summed E-state index contributed by atoms with van der Waals surface area (Å²) in [6, 6.07) is 5.99. The first-order chi connectivity index (χ1) is 50.8. The van der Waals surface area contributed by atoms with Gasteiger partial charge in [0.25, 0.3) is 0 Å². The molecule has 105 heavy (non-hydrogen) atoms. The van der Waals surface area contributed by atoms with Gasteiger partial charge in [0.05, 0.1) is 46.2 Å². The Hall–Kier alpha value is -8.62. The minimum Gasteiger partial charge on any atom is -0.394 e. The van der Waals surface area contributed by atoms with Crippen molar-refractivity contribution < 1.29 is 76.8 Å². The number of ketones is 1. The number of para-hydroxylation sites is 1. The first-order valence-corrected chi connectivity index (χ1v) is 37.5. The molecule has 2 heterocycles. The van der Waals surface area contributed by atoms with Gasteiger partial charge in [0, 0.05) is 75.4 Å². The van der Waals surface area contributed by atoms with Gasteiger partial charge in [-0.2, -0.15) is 0 Å². The number of nitrogens with one attached hydrogen (secondary N) is 11. The number of aliphatic hydroxyl groups excluding tert-OH is 1. The van der Waals surface area contributed by atoms with Gasteiger partial charge in [0.15, 0.2) is 5.96 Å². The molecular weight excluding hydrogens is 1350 g/mol. The third-order valence-electron chi connectivity index (χ3n) is 17.6. The van der Waals surface area contributed by atoms with E-state index >= 15 is 0 Å². The number of unbranched alkanes of at least 4 members (excludes halogenated alkanes) is 11. The molecule has 1 aliphatic rings. The maximum Gasteiger partial charge on any atom is 0.246 e. The molecular formula is C74H119N15O16. The summed E-state index contributed by atoms with van der Waals surface area (Å²) in [7, 11) is 0. The van der Waals surface area contributed by atoms with Crippen LogP contribution in [0.25, 0.3) is 10.9 Å². The molecule has 10 amide bonds. The second-order valence-corrected chi connectivity index (χ2v) is 26.3. The maximum absolute atomic E-state index is 14.7. The van der Waals surface area contributed by atoms with Crippen LogP contribution in [0, 0.1) is 0 Å². The van der Waals surface area contributed by atoms with E-state index in [9.17, 15) is 57.8 Å². The van der Waals surface area contributed by atoms with E-state index in [-0.39, 0.29) is 141 Å². The molecule has 2 aromatic carbocycles. The summed E-state index contributed by atoms with van der Waals surface area (Å²) in [5.74, 6) is -7.62. The van der Waals surface area contributed by atoms with Crippen molar-refractivity contribution in [2.45, 2.75) is 217 Å². The van der Waals surface area contributed by atoms with E-state index in [0.29, 0.717) is 62.9 Å². The lowest BCUT2D eigenvalue weighted by molar-refractivity contribution is -0.136. The van der Waals surface area contributed by atoms with Gasteiger partial charge in [0.1, 0.15) is 61.3 Å². The maximum atomic E-state index is 14.7. The van der Waals surface area contributed by atoms with Gasteiger partial charge < -0.3 is 99.4 Å². The molecule has 31 heteroatoms. The highest BCUT2D eigenvalue weighted by Gasteiger charge is 2.35. The fourth-order valence-electron chi connectivity index (χ4n) is 11.6. The highest BCUT2D eigenvalue weighted by molar-refractivity contribution is 5.98. The van der Waals surface area contributed by atoms with Crippen LogP contribution in [-0.2, 0) is 84.5 Å². The topological polar surface area (TPSA) is 471 Å². The molecule has 1 fully saturated rings. The molecule has 586 valence electrons. The van der Waals surface area contributed by atoms with Crippen LogP contribution < -0.4 is 70.4 Å². The van der Waals surface area contributed by atoms with Crippen molar-refractivity contribution in [1.82, 2.24) is 58.2 Å². The van der Waals surface area contributed by atoms with Crippen LogP contribution in [0.1, 0.15) is 173 Å². The Labute approximate surface area is 617 Å². The molecule has 0 aliphatic carbocycles. The van der Waals surface area contributed by atoms with Crippen LogP contribution in [0.3, 0.4) is 0 Å². The largest absolute Gasteiger partial charge is 0.394 e. The van der Waals surface area contributed by atoms with Crippen molar-refractivity contribution in [2.75, 3.05) is 92.2 Å². The molecule has 0 spiro atoms. The minimum absolute atomic E-state index is 0.00365. The first-order valence-electron chi connectivity index (χ1n) is 37.5. The molecule has 1 saturated heterocycles. The number of nitrogens with two attached hydrogens (primary N) is 3.